The van der Waals surface area contributed by atoms with E-state index in [-0.39, 0.29) is 18.2 Å². The van der Waals surface area contributed by atoms with Gasteiger partial charge in [-0.25, -0.2) is 13.6 Å². The van der Waals surface area contributed by atoms with Gasteiger partial charge in [-0.3, -0.25) is 0 Å². The summed E-state index contributed by atoms with van der Waals surface area (Å²) in [7, 11) is 0. The van der Waals surface area contributed by atoms with E-state index in [0.29, 0.717) is 18.5 Å². The lowest BCUT2D eigenvalue weighted by atomic mass is 10.1. The van der Waals surface area contributed by atoms with Crippen LogP contribution >= 0.6 is 0 Å². The number of carbonyl (C=O) groups excluding carboxylic acids is 1. The second kappa shape index (κ2) is 8.24. The van der Waals surface area contributed by atoms with Gasteiger partial charge in [-0.2, -0.15) is 0 Å². The summed E-state index contributed by atoms with van der Waals surface area (Å²) in [6.45, 7) is 0.360. The number of rotatable bonds is 6. The summed E-state index contributed by atoms with van der Waals surface area (Å²) in [4.78, 5) is 11.6. The molecular formula is C17H18F2N2O2. The van der Waals surface area contributed by atoms with Crippen molar-refractivity contribution in [2.24, 2.45) is 0 Å². The molecule has 4 nitrogen and oxygen atoms in total. The molecule has 3 N–H and O–H groups in total. The van der Waals surface area contributed by atoms with Crippen LogP contribution in [0, 0.1) is 11.6 Å². The average Bonchev–Trinajstić information content (AvgIpc) is 2.53. The van der Waals surface area contributed by atoms with E-state index >= 15 is 0 Å². The Morgan fingerprint density at radius 1 is 1.04 bits per heavy atom. The maximum atomic E-state index is 13.0. The van der Waals surface area contributed by atoms with Crippen LogP contribution in [0.5, 0.6) is 0 Å². The van der Waals surface area contributed by atoms with Crippen LogP contribution in [0.25, 0.3) is 0 Å². The van der Waals surface area contributed by atoms with Crippen molar-refractivity contribution in [1.82, 2.24) is 10.6 Å². The third-order valence-corrected chi connectivity index (χ3v) is 3.30. The molecule has 0 aliphatic carbocycles. The third-order valence-electron chi connectivity index (χ3n) is 3.30. The van der Waals surface area contributed by atoms with Crippen LogP contribution in [-0.4, -0.2) is 24.2 Å². The number of benzene rings is 2. The van der Waals surface area contributed by atoms with Crippen molar-refractivity contribution in [2.45, 2.75) is 12.5 Å². The highest BCUT2D eigenvalue weighted by atomic mass is 19.1. The van der Waals surface area contributed by atoms with Crippen molar-refractivity contribution in [1.29, 1.82) is 0 Å². The van der Waals surface area contributed by atoms with E-state index < -0.39 is 12.1 Å². The van der Waals surface area contributed by atoms with Crippen LogP contribution in [0.1, 0.15) is 17.2 Å². The lowest BCUT2D eigenvalue weighted by Gasteiger charge is -2.13. The molecule has 0 aliphatic heterocycles. The van der Waals surface area contributed by atoms with Crippen LogP contribution in [0.2, 0.25) is 0 Å². The number of hydrogen-bond acceptors (Lipinski definition) is 2. The topological polar surface area (TPSA) is 61.4 Å². The maximum Gasteiger partial charge on any atom is 0.314 e. The normalized spacial score (nSPS) is 11.8. The molecule has 2 amide bonds. The summed E-state index contributed by atoms with van der Waals surface area (Å²) in [6.07, 6.45) is -0.407. The summed E-state index contributed by atoms with van der Waals surface area (Å²) in [5, 5.41) is 15.0. The first kappa shape index (κ1) is 16.9. The highest BCUT2D eigenvalue weighted by molar-refractivity contribution is 5.73. The summed E-state index contributed by atoms with van der Waals surface area (Å²) >= 11 is 0. The second-order valence-electron chi connectivity index (χ2n) is 5.08. The van der Waals surface area contributed by atoms with Crippen molar-refractivity contribution in [3.63, 3.8) is 0 Å². The van der Waals surface area contributed by atoms with Gasteiger partial charge in [-0.05, 0) is 41.8 Å². The number of carbonyl (C=O) groups is 1. The van der Waals surface area contributed by atoms with Crippen LogP contribution in [0.15, 0.2) is 48.5 Å². The third kappa shape index (κ3) is 5.67. The molecule has 2 rings (SSSR count). The Labute approximate surface area is 133 Å². The zero-order valence-corrected chi connectivity index (χ0v) is 12.4. The van der Waals surface area contributed by atoms with E-state index in [2.05, 4.69) is 10.6 Å². The first-order valence-corrected chi connectivity index (χ1v) is 7.24. The molecule has 1 unspecified atom stereocenters. The minimum Gasteiger partial charge on any atom is -0.387 e. The first-order valence-electron chi connectivity index (χ1n) is 7.24. The predicted molar refractivity (Wildman–Crippen MR) is 82.9 cm³/mol. The van der Waals surface area contributed by atoms with Gasteiger partial charge in [0.2, 0.25) is 0 Å². The van der Waals surface area contributed by atoms with Crippen LogP contribution in [0.3, 0.4) is 0 Å². The quantitative estimate of drug-likeness (QED) is 0.766. The van der Waals surface area contributed by atoms with Gasteiger partial charge in [0.1, 0.15) is 11.6 Å². The van der Waals surface area contributed by atoms with E-state index in [1.165, 1.54) is 36.4 Å². The highest BCUT2D eigenvalue weighted by Crippen LogP contribution is 2.12. The van der Waals surface area contributed by atoms with E-state index in [1.807, 2.05) is 0 Å². The number of aliphatic hydroxyl groups is 1. The first-order chi connectivity index (χ1) is 11.0. The molecule has 0 radical (unpaired) electrons. The Morgan fingerprint density at radius 3 is 2.48 bits per heavy atom. The molecule has 0 aliphatic rings. The van der Waals surface area contributed by atoms with Gasteiger partial charge in [-0.15, -0.1) is 0 Å². The number of nitrogens with one attached hydrogen (secondary N) is 2. The number of urea groups is 1. The Balaban J connectivity index is 1.69. The lowest BCUT2D eigenvalue weighted by molar-refractivity contribution is 0.173. The van der Waals surface area contributed by atoms with E-state index in [0.717, 1.165) is 5.56 Å². The molecule has 2 aromatic carbocycles. The van der Waals surface area contributed by atoms with Gasteiger partial charge in [-0.1, -0.05) is 24.3 Å². The van der Waals surface area contributed by atoms with Crippen LogP contribution in [-0.2, 0) is 6.42 Å². The number of aliphatic hydroxyl groups excluding tert-OH is 1. The number of halogens is 2. The lowest BCUT2D eigenvalue weighted by Crippen LogP contribution is -2.38. The van der Waals surface area contributed by atoms with Crippen molar-refractivity contribution in [2.75, 3.05) is 13.1 Å². The monoisotopic (exact) mass is 320 g/mol. The van der Waals surface area contributed by atoms with Gasteiger partial charge in [0, 0.05) is 13.1 Å². The fourth-order valence-corrected chi connectivity index (χ4v) is 2.07. The van der Waals surface area contributed by atoms with E-state index in [1.54, 1.807) is 12.1 Å². The standard InChI is InChI=1S/C17H18F2N2O2/c18-14-6-4-13(5-7-14)16(22)11-21-17(23)20-9-8-12-2-1-3-15(19)10-12/h1-7,10,16,22H,8-9,11H2,(H2,20,21,23). The molecule has 0 fully saturated rings. The molecule has 23 heavy (non-hydrogen) atoms. The molecule has 122 valence electrons. The molecule has 0 saturated carbocycles. The second-order valence-corrected chi connectivity index (χ2v) is 5.08. The van der Waals surface area contributed by atoms with Gasteiger partial charge in [0.25, 0.3) is 0 Å². The molecule has 0 spiro atoms. The van der Waals surface area contributed by atoms with Crippen LogP contribution < -0.4 is 10.6 Å². The summed E-state index contributed by atoms with van der Waals surface area (Å²) < 4.78 is 25.8. The summed E-state index contributed by atoms with van der Waals surface area (Å²) in [6, 6.07) is 11.2. The SMILES string of the molecule is O=C(NCCc1cccc(F)c1)NCC(O)c1ccc(F)cc1. The van der Waals surface area contributed by atoms with Gasteiger partial charge in [0.05, 0.1) is 6.10 Å². The minimum absolute atomic E-state index is 0.0113. The molecule has 0 saturated heterocycles. The highest BCUT2D eigenvalue weighted by Gasteiger charge is 2.09. The predicted octanol–water partition coefficient (Wildman–Crippen LogP) is 2.54. The Hall–Kier alpha value is -2.47. The van der Waals surface area contributed by atoms with Crippen molar-refractivity contribution >= 4 is 6.03 Å². The molecule has 2 aromatic rings. The van der Waals surface area contributed by atoms with E-state index in [9.17, 15) is 18.7 Å². The van der Waals surface area contributed by atoms with Crippen molar-refractivity contribution < 1.29 is 18.7 Å². The average molecular weight is 320 g/mol. The minimum atomic E-state index is -0.912. The fraction of sp³-hybridized carbons (Fsp3) is 0.235. The van der Waals surface area contributed by atoms with Gasteiger partial charge >= 0.3 is 6.03 Å². The summed E-state index contributed by atoms with van der Waals surface area (Å²) in [5.74, 6) is -0.696. The molecule has 0 aromatic heterocycles. The molecule has 0 bridgehead atoms. The smallest absolute Gasteiger partial charge is 0.314 e. The zero-order valence-electron chi connectivity index (χ0n) is 12.4. The van der Waals surface area contributed by atoms with Crippen LogP contribution in [0.4, 0.5) is 13.6 Å². The van der Waals surface area contributed by atoms with Crippen molar-refractivity contribution in [3.05, 3.63) is 71.3 Å². The fourth-order valence-electron chi connectivity index (χ4n) is 2.07. The molecule has 6 heteroatoms. The molecule has 0 heterocycles. The Bertz CT molecular complexity index is 647. The molecule has 1 atom stereocenters. The van der Waals surface area contributed by atoms with Crippen molar-refractivity contribution in [3.8, 4) is 0 Å². The van der Waals surface area contributed by atoms with E-state index in [4.69, 9.17) is 0 Å². The van der Waals surface area contributed by atoms with Gasteiger partial charge in [0.15, 0.2) is 0 Å². The number of amides is 2. The summed E-state index contributed by atoms with van der Waals surface area (Å²) in [5.41, 5.74) is 1.31. The Morgan fingerprint density at radius 2 is 1.78 bits per heavy atom. The molecular weight excluding hydrogens is 302 g/mol. The zero-order chi connectivity index (χ0) is 16.7. The number of hydrogen-bond donors (Lipinski definition) is 3. The van der Waals surface area contributed by atoms with Gasteiger partial charge < -0.3 is 15.7 Å². The maximum absolute atomic E-state index is 13.0. The largest absolute Gasteiger partial charge is 0.387 e. The Kier molecular flexibility index (Phi) is 6.05.